The number of aryl methyl sites for hydroxylation is 1. The van der Waals surface area contributed by atoms with Gasteiger partial charge in [-0.05, 0) is 45.9 Å². The second kappa shape index (κ2) is 5.04. The van der Waals surface area contributed by atoms with Crippen molar-refractivity contribution in [2.45, 2.75) is 13.0 Å². The molecule has 0 bridgehead atoms. The Morgan fingerprint density at radius 2 is 2.00 bits per heavy atom. The van der Waals surface area contributed by atoms with Crippen LogP contribution in [-0.2, 0) is 0 Å². The van der Waals surface area contributed by atoms with E-state index in [4.69, 9.17) is 0 Å². The highest BCUT2D eigenvalue weighted by atomic mass is 79.9. The Kier molecular flexibility index (Phi) is 3.39. The molecule has 3 aromatic rings. The Labute approximate surface area is 123 Å². The average Bonchev–Trinajstić information content (AvgIpc) is 2.83. The second-order valence-corrected chi connectivity index (χ2v) is 6.05. The number of fused-ring (bicyclic) bond motifs is 1. The number of pyridine rings is 1. The number of nitrogens with zero attached hydrogens (tertiary/aromatic N) is 1. The van der Waals surface area contributed by atoms with Gasteiger partial charge in [-0.1, -0.05) is 18.2 Å². The van der Waals surface area contributed by atoms with Crippen molar-refractivity contribution in [1.82, 2.24) is 4.98 Å². The van der Waals surface area contributed by atoms with Crippen LogP contribution in [0.4, 0.5) is 0 Å². The summed E-state index contributed by atoms with van der Waals surface area (Å²) in [5.74, 6) is 0. The van der Waals surface area contributed by atoms with Crippen molar-refractivity contribution in [3.8, 4) is 0 Å². The Balaban J connectivity index is 2.22. The number of hydrogen-bond donors (Lipinski definition) is 1. The molecule has 0 aliphatic carbocycles. The van der Waals surface area contributed by atoms with Crippen LogP contribution in [0.15, 0.2) is 45.6 Å². The smallest absolute Gasteiger partial charge is 0.107 e. The fourth-order valence-electron chi connectivity index (χ4n) is 2.22. The summed E-state index contributed by atoms with van der Waals surface area (Å²) >= 11 is 5.06. The van der Waals surface area contributed by atoms with Gasteiger partial charge in [0.2, 0.25) is 0 Å². The number of para-hydroxylation sites is 1. The number of rotatable bonds is 2. The van der Waals surface area contributed by atoms with Gasteiger partial charge in [0.1, 0.15) is 6.10 Å². The summed E-state index contributed by atoms with van der Waals surface area (Å²) in [7, 11) is 0. The molecule has 1 N–H and O–H groups in total. The van der Waals surface area contributed by atoms with E-state index in [2.05, 4.69) is 20.9 Å². The molecule has 0 aliphatic heterocycles. The molecule has 96 valence electrons. The lowest BCUT2D eigenvalue weighted by molar-refractivity contribution is 0.221. The third-order valence-electron chi connectivity index (χ3n) is 3.11. The first-order valence-corrected chi connectivity index (χ1v) is 7.66. The van der Waals surface area contributed by atoms with Crippen LogP contribution >= 0.6 is 27.3 Å². The van der Waals surface area contributed by atoms with Crippen LogP contribution < -0.4 is 0 Å². The SMILES string of the molecule is Cc1cc(C(O)c2cscc2Br)c2ccccc2n1. The van der Waals surface area contributed by atoms with Crippen molar-refractivity contribution in [1.29, 1.82) is 0 Å². The first-order chi connectivity index (χ1) is 9.16. The van der Waals surface area contributed by atoms with Crippen LogP contribution in [0.5, 0.6) is 0 Å². The molecule has 2 nitrogen and oxygen atoms in total. The van der Waals surface area contributed by atoms with Gasteiger partial charge in [-0.25, -0.2) is 0 Å². The number of thiophene rings is 1. The molecule has 0 aliphatic rings. The van der Waals surface area contributed by atoms with E-state index in [9.17, 15) is 5.11 Å². The zero-order valence-electron chi connectivity index (χ0n) is 10.3. The lowest BCUT2D eigenvalue weighted by Crippen LogP contribution is -2.01. The van der Waals surface area contributed by atoms with E-state index >= 15 is 0 Å². The van der Waals surface area contributed by atoms with Crippen molar-refractivity contribution in [3.05, 3.63) is 62.4 Å². The fourth-order valence-corrected chi connectivity index (χ4v) is 3.75. The minimum atomic E-state index is -0.632. The van der Waals surface area contributed by atoms with Crippen LogP contribution in [0.1, 0.15) is 22.9 Å². The molecule has 0 spiro atoms. The molecule has 4 heteroatoms. The van der Waals surface area contributed by atoms with Gasteiger partial charge in [0.05, 0.1) is 5.52 Å². The maximum Gasteiger partial charge on any atom is 0.107 e. The molecule has 0 saturated heterocycles. The maximum absolute atomic E-state index is 10.6. The molecule has 3 rings (SSSR count). The Morgan fingerprint density at radius 1 is 1.21 bits per heavy atom. The van der Waals surface area contributed by atoms with Gasteiger partial charge in [0, 0.05) is 26.5 Å². The molecule has 1 unspecified atom stereocenters. The Bertz CT molecular complexity index is 738. The van der Waals surface area contributed by atoms with Crippen molar-refractivity contribution in [2.24, 2.45) is 0 Å². The summed E-state index contributed by atoms with van der Waals surface area (Å²) in [6, 6.07) is 9.86. The van der Waals surface area contributed by atoms with Crippen LogP contribution in [-0.4, -0.2) is 10.1 Å². The lowest BCUT2D eigenvalue weighted by Gasteiger charge is -2.14. The minimum absolute atomic E-state index is 0.632. The van der Waals surface area contributed by atoms with Crippen molar-refractivity contribution >= 4 is 38.2 Å². The van der Waals surface area contributed by atoms with E-state index in [-0.39, 0.29) is 0 Å². The predicted molar refractivity (Wildman–Crippen MR) is 82.6 cm³/mol. The standard InChI is InChI=1S/C15H12BrNOS/c1-9-6-11(10-4-2-3-5-14(10)17-9)15(18)12-7-19-8-13(12)16/h2-8,15,18H,1H3. The Hall–Kier alpha value is -1.23. The molecule has 0 fully saturated rings. The van der Waals surface area contributed by atoms with Gasteiger partial charge in [0.15, 0.2) is 0 Å². The molecule has 19 heavy (non-hydrogen) atoms. The third kappa shape index (κ3) is 2.31. The van der Waals surface area contributed by atoms with Crippen molar-refractivity contribution in [3.63, 3.8) is 0 Å². The molecular formula is C15H12BrNOS. The van der Waals surface area contributed by atoms with Gasteiger partial charge in [-0.3, -0.25) is 4.98 Å². The molecule has 1 atom stereocenters. The molecular weight excluding hydrogens is 322 g/mol. The van der Waals surface area contributed by atoms with E-state index < -0.39 is 6.10 Å². The van der Waals surface area contributed by atoms with Crippen LogP contribution in [0.3, 0.4) is 0 Å². The van der Waals surface area contributed by atoms with E-state index in [1.807, 2.05) is 48.0 Å². The fraction of sp³-hybridized carbons (Fsp3) is 0.133. The molecule has 0 saturated carbocycles. The van der Waals surface area contributed by atoms with Crippen LogP contribution in [0.2, 0.25) is 0 Å². The summed E-state index contributed by atoms with van der Waals surface area (Å²) in [6.07, 6.45) is -0.632. The van der Waals surface area contributed by atoms with Crippen molar-refractivity contribution in [2.75, 3.05) is 0 Å². The van der Waals surface area contributed by atoms with Crippen LogP contribution in [0.25, 0.3) is 10.9 Å². The lowest BCUT2D eigenvalue weighted by atomic mass is 9.99. The summed E-state index contributed by atoms with van der Waals surface area (Å²) in [5, 5.41) is 15.6. The number of aromatic nitrogens is 1. The second-order valence-electron chi connectivity index (χ2n) is 4.45. The van der Waals surface area contributed by atoms with Gasteiger partial charge in [-0.15, -0.1) is 0 Å². The number of aliphatic hydroxyl groups excluding tert-OH is 1. The van der Waals surface area contributed by atoms with Gasteiger partial charge in [-0.2, -0.15) is 11.3 Å². The maximum atomic E-state index is 10.6. The zero-order valence-corrected chi connectivity index (χ0v) is 12.7. The summed E-state index contributed by atoms with van der Waals surface area (Å²) in [5.41, 5.74) is 3.64. The third-order valence-corrected chi connectivity index (χ3v) is 4.86. The largest absolute Gasteiger partial charge is 0.384 e. The van der Waals surface area contributed by atoms with Crippen molar-refractivity contribution < 1.29 is 5.11 Å². The number of hydrogen-bond acceptors (Lipinski definition) is 3. The molecule has 1 aromatic carbocycles. The minimum Gasteiger partial charge on any atom is -0.384 e. The Morgan fingerprint density at radius 3 is 2.74 bits per heavy atom. The highest BCUT2D eigenvalue weighted by Gasteiger charge is 2.17. The number of aliphatic hydroxyl groups is 1. The van der Waals surface area contributed by atoms with E-state index in [0.29, 0.717) is 0 Å². The number of halogens is 1. The summed E-state index contributed by atoms with van der Waals surface area (Å²) < 4.78 is 0.948. The normalized spacial score (nSPS) is 12.8. The topological polar surface area (TPSA) is 33.1 Å². The quantitative estimate of drug-likeness (QED) is 0.751. The monoisotopic (exact) mass is 333 g/mol. The first kappa shape index (κ1) is 12.8. The average molecular weight is 334 g/mol. The van der Waals surface area contributed by atoms with Gasteiger partial charge < -0.3 is 5.11 Å². The summed E-state index contributed by atoms with van der Waals surface area (Å²) in [4.78, 5) is 4.50. The van der Waals surface area contributed by atoms with E-state index in [1.165, 1.54) is 0 Å². The van der Waals surface area contributed by atoms with Gasteiger partial charge >= 0.3 is 0 Å². The predicted octanol–water partition coefficient (Wildman–Crippen LogP) is 4.45. The van der Waals surface area contributed by atoms with Gasteiger partial charge in [0.25, 0.3) is 0 Å². The molecule has 2 aromatic heterocycles. The highest BCUT2D eigenvalue weighted by Crippen LogP contribution is 2.34. The van der Waals surface area contributed by atoms with E-state index in [1.54, 1.807) is 11.3 Å². The highest BCUT2D eigenvalue weighted by molar-refractivity contribution is 9.10. The molecule has 0 radical (unpaired) electrons. The molecule has 2 heterocycles. The number of benzene rings is 1. The zero-order chi connectivity index (χ0) is 13.4. The van der Waals surface area contributed by atoms with E-state index in [0.717, 1.165) is 32.2 Å². The van der Waals surface area contributed by atoms with Crippen LogP contribution in [0, 0.1) is 6.92 Å². The molecule has 0 amide bonds. The summed E-state index contributed by atoms with van der Waals surface area (Å²) in [6.45, 7) is 1.95. The first-order valence-electron chi connectivity index (χ1n) is 5.93.